The van der Waals surface area contributed by atoms with Gasteiger partial charge in [0.1, 0.15) is 0 Å². The van der Waals surface area contributed by atoms with Crippen molar-refractivity contribution in [2.75, 3.05) is 5.32 Å². The topological polar surface area (TPSA) is 87.7 Å². The number of nitrogens with zero attached hydrogens (tertiary/aromatic N) is 2. The Bertz CT molecular complexity index is 1510. The van der Waals surface area contributed by atoms with Gasteiger partial charge in [0, 0.05) is 34.0 Å². The minimum Gasteiger partial charge on any atom is -0.322 e. The number of carbonyl (C=O) groups excluding carboxylic acids is 2. The molecule has 164 valence electrons. The van der Waals surface area contributed by atoms with Crippen LogP contribution in [-0.4, -0.2) is 26.9 Å². The highest BCUT2D eigenvalue weighted by atomic mass is 16.1. The SMILES string of the molecule is O=C(Nc1cccc(C(=O)c2ccc3c(C=Cc4ccccn4)n[nH]c3c2)c1)c1ccccc1. The van der Waals surface area contributed by atoms with Crippen molar-refractivity contribution in [2.24, 2.45) is 0 Å². The molecule has 0 saturated heterocycles. The maximum atomic E-state index is 13.1. The molecule has 0 aliphatic carbocycles. The van der Waals surface area contributed by atoms with Crippen LogP contribution >= 0.6 is 0 Å². The van der Waals surface area contributed by atoms with Crippen molar-refractivity contribution in [3.63, 3.8) is 0 Å². The summed E-state index contributed by atoms with van der Waals surface area (Å²) in [6, 6.07) is 27.0. The van der Waals surface area contributed by atoms with Gasteiger partial charge in [0.2, 0.25) is 0 Å². The van der Waals surface area contributed by atoms with E-state index in [1.165, 1.54) is 0 Å². The molecule has 2 aromatic heterocycles. The predicted molar refractivity (Wildman–Crippen MR) is 134 cm³/mol. The molecule has 1 amide bonds. The summed E-state index contributed by atoms with van der Waals surface area (Å²) in [6.07, 6.45) is 5.52. The molecule has 0 atom stereocenters. The van der Waals surface area contributed by atoms with Crippen molar-refractivity contribution >= 4 is 40.4 Å². The summed E-state index contributed by atoms with van der Waals surface area (Å²) in [7, 11) is 0. The molecular formula is C28H20N4O2. The molecule has 2 heterocycles. The first kappa shape index (κ1) is 21.0. The Morgan fingerprint density at radius 1 is 0.765 bits per heavy atom. The second-order valence-electron chi connectivity index (χ2n) is 7.69. The van der Waals surface area contributed by atoms with Crippen LogP contribution in [0.3, 0.4) is 0 Å². The summed E-state index contributed by atoms with van der Waals surface area (Å²) in [4.78, 5) is 29.9. The van der Waals surface area contributed by atoms with Crippen LogP contribution in [0.1, 0.15) is 37.7 Å². The number of H-pyrrole nitrogens is 1. The summed E-state index contributed by atoms with van der Waals surface area (Å²) in [5.74, 6) is -0.367. The van der Waals surface area contributed by atoms with E-state index in [1.54, 1.807) is 66.9 Å². The van der Waals surface area contributed by atoms with E-state index in [2.05, 4.69) is 20.5 Å². The van der Waals surface area contributed by atoms with Crippen LogP contribution in [0.2, 0.25) is 0 Å². The third-order valence-corrected chi connectivity index (χ3v) is 5.37. The van der Waals surface area contributed by atoms with Gasteiger partial charge in [-0.25, -0.2) is 0 Å². The number of benzene rings is 3. The molecule has 0 bridgehead atoms. The largest absolute Gasteiger partial charge is 0.322 e. The number of nitrogens with one attached hydrogen (secondary N) is 2. The minimum atomic E-state index is -0.227. The molecule has 0 fully saturated rings. The number of hydrogen-bond donors (Lipinski definition) is 2. The molecule has 0 aliphatic heterocycles. The first-order valence-electron chi connectivity index (χ1n) is 10.8. The summed E-state index contributed by atoms with van der Waals surface area (Å²) >= 11 is 0. The van der Waals surface area contributed by atoms with E-state index in [-0.39, 0.29) is 11.7 Å². The van der Waals surface area contributed by atoms with E-state index < -0.39 is 0 Å². The maximum absolute atomic E-state index is 13.1. The number of carbonyl (C=O) groups is 2. The Morgan fingerprint density at radius 2 is 1.56 bits per heavy atom. The van der Waals surface area contributed by atoms with E-state index in [0.29, 0.717) is 22.4 Å². The third kappa shape index (κ3) is 4.52. The van der Waals surface area contributed by atoms with Crippen molar-refractivity contribution in [3.8, 4) is 0 Å². The second-order valence-corrected chi connectivity index (χ2v) is 7.69. The van der Waals surface area contributed by atoms with Crippen molar-refractivity contribution < 1.29 is 9.59 Å². The molecule has 6 heteroatoms. The van der Waals surface area contributed by atoms with Gasteiger partial charge in [0.15, 0.2) is 5.78 Å². The fourth-order valence-corrected chi connectivity index (χ4v) is 3.65. The number of aromatic nitrogens is 3. The van der Waals surface area contributed by atoms with Gasteiger partial charge < -0.3 is 5.32 Å². The summed E-state index contributed by atoms with van der Waals surface area (Å²) in [5, 5.41) is 11.1. The van der Waals surface area contributed by atoms with Gasteiger partial charge in [-0.3, -0.25) is 19.7 Å². The monoisotopic (exact) mass is 444 g/mol. The molecule has 0 spiro atoms. The summed E-state index contributed by atoms with van der Waals surface area (Å²) in [6.45, 7) is 0. The van der Waals surface area contributed by atoms with E-state index in [0.717, 1.165) is 22.3 Å². The molecule has 0 unspecified atom stereocenters. The van der Waals surface area contributed by atoms with Gasteiger partial charge in [0.25, 0.3) is 5.91 Å². The summed E-state index contributed by atoms with van der Waals surface area (Å²) in [5.41, 5.74) is 4.50. The van der Waals surface area contributed by atoms with Crippen LogP contribution < -0.4 is 5.32 Å². The molecule has 0 aliphatic rings. The van der Waals surface area contributed by atoms with Gasteiger partial charge in [-0.1, -0.05) is 42.5 Å². The van der Waals surface area contributed by atoms with Gasteiger partial charge >= 0.3 is 0 Å². The number of pyridine rings is 1. The number of rotatable bonds is 6. The highest BCUT2D eigenvalue weighted by molar-refractivity contribution is 6.12. The van der Waals surface area contributed by atoms with Gasteiger partial charge in [0.05, 0.1) is 16.9 Å². The Labute approximate surface area is 196 Å². The zero-order valence-electron chi connectivity index (χ0n) is 18.1. The lowest BCUT2D eigenvalue weighted by molar-refractivity contribution is 0.102. The quantitative estimate of drug-likeness (QED) is 0.333. The second kappa shape index (κ2) is 9.34. The average Bonchev–Trinajstić information content (AvgIpc) is 3.30. The molecule has 0 saturated carbocycles. The van der Waals surface area contributed by atoms with E-state index in [4.69, 9.17) is 0 Å². The van der Waals surface area contributed by atoms with Gasteiger partial charge in [-0.05, 0) is 60.7 Å². The van der Waals surface area contributed by atoms with Crippen molar-refractivity contribution in [3.05, 3.63) is 125 Å². The number of ketones is 1. The normalized spacial score (nSPS) is 11.1. The van der Waals surface area contributed by atoms with Crippen molar-refractivity contribution in [2.45, 2.75) is 0 Å². The Balaban J connectivity index is 1.36. The molecular weight excluding hydrogens is 424 g/mol. The van der Waals surface area contributed by atoms with Crippen LogP contribution in [0.15, 0.2) is 97.2 Å². The minimum absolute atomic E-state index is 0.141. The third-order valence-electron chi connectivity index (χ3n) is 5.37. The molecule has 0 radical (unpaired) electrons. The molecule has 5 rings (SSSR count). The van der Waals surface area contributed by atoms with E-state index in [9.17, 15) is 9.59 Å². The van der Waals surface area contributed by atoms with Crippen LogP contribution in [0.4, 0.5) is 5.69 Å². The Kier molecular flexibility index (Phi) is 5.78. The molecule has 2 N–H and O–H groups in total. The molecule has 3 aromatic carbocycles. The van der Waals surface area contributed by atoms with Crippen LogP contribution in [-0.2, 0) is 0 Å². The van der Waals surface area contributed by atoms with Crippen LogP contribution in [0.5, 0.6) is 0 Å². The van der Waals surface area contributed by atoms with E-state index >= 15 is 0 Å². The number of fused-ring (bicyclic) bond motifs is 1. The standard InChI is InChI=1S/C28H20N4O2/c33-27(20-9-6-11-23(17-20)30-28(34)19-7-2-1-3-8-19)21-12-14-24-25(31-32-26(24)18-21)15-13-22-10-4-5-16-29-22/h1-18H,(H,30,34)(H,31,32). The number of aromatic amines is 1. The molecule has 34 heavy (non-hydrogen) atoms. The fourth-order valence-electron chi connectivity index (χ4n) is 3.65. The fraction of sp³-hybridized carbons (Fsp3) is 0. The zero-order valence-corrected chi connectivity index (χ0v) is 18.1. The number of anilines is 1. The number of hydrogen-bond acceptors (Lipinski definition) is 4. The zero-order chi connectivity index (χ0) is 23.3. The van der Waals surface area contributed by atoms with E-state index in [1.807, 2.05) is 42.5 Å². The Hall–Kier alpha value is -4.84. The molecule has 6 nitrogen and oxygen atoms in total. The lowest BCUT2D eigenvalue weighted by Gasteiger charge is -2.07. The van der Waals surface area contributed by atoms with Crippen LogP contribution in [0.25, 0.3) is 23.1 Å². The molecule has 5 aromatic rings. The number of amides is 1. The predicted octanol–water partition coefficient (Wildman–Crippen LogP) is 5.61. The summed E-state index contributed by atoms with van der Waals surface area (Å²) < 4.78 is 0. The Morgan fingerprint density at radius 3 is 2.38 bits per heavy atom. The highest BCUT2D eigenvalue weighted by Gasteiger charge is 2.13. The lowest BCUT2D eigenvalue weighted by atomic mass is 10.0. The van der Waals surface area contributed by atoms with Gasteiger partial charge in [-0.15, -0.1) is 0 Å². The first-order valence-corrected chi connectivity index (χ1v) is 10.8. The van der Waals surface area contributed by atoms with Gasteiger partial charge in [-0.2, -0.15) is 5.10 Å². The highest BCUT2D eigenvalue weighted by Crippen LogP contribution is 2.22. The first-order chi connectivity index (χ1) is 16.7. The van der Waals surface area contributed by atoms with Crippen LogP contribution in [0, 0.1) is 0 Å². The smallest absolute Gasteiger partial charge is 0.255 e. The van der Waals surface area contributed by atoms with Crippen molar-refractivity contribution in [1.29, 1.82) is 0 Å². The maximum Gasteiger partial charge on any atom is 0.255 e. The average molecular weight is 444 g/mol. The van der Waals surface area contributed by atoms with Crippen molar-refractivity contribution in [1.82, 2.24) is 15.2 Å². The lowest BCUT2D eigenvalue weighted by Crippen LogP contribution is -2.12.